The molecule has 0 amide bonds. The number of benzene rings is 1. The van der Waals surface area contributed by atoms with Crippen LogP contribution in [0.25, 0.3) is 11.0 Å². The summed E-state index contributed by atoms with van der Waals surface area (Å²) in [6, 6.07) is 7.89. The quantitative estimate of drug-likeness (QED) is 0.640. The van der Waals surface area contributed by atoms with Crippen LogP contribution in [0.15, 0.2) is 24.3 Å². The first kappa shape index (κ1) is 12.0. The molecule has 0 aliphatic rings. The highest BCUT2D eigenvalue weighted by Gasteiger charge is 2.05. The molecule has 1 aromatic carbocycles. The van der Waals surface area contributed by atoms with Gasteiger partial charge in [-0.3, -0.25) is 0 Å². The lowest BCUT2D eigenvalue weighted by Gasteiger charge is -1.98. The number of fused-ring (bicyclic) bond motifs is 1. The molecule has 4 N–H and O–H groups in total. The minimum atomic E-state index is 0.743. The third-order valence-corrected chi connectivity index (χ3v) is 4.31. The average Bonchev–Trinajstić information content (AvgIpc) is 2.90. The Morgan fingerprint density at radius 3 is 2.89 bits per heavy atom. The molecule has 0 spiro atoms. The number of nitrogens with two attached hydrogens (primary N) is 1. The van der Waals surface area contributed by atoms with E-state index in [9.17, 15) is 0 Å². The van der Waals surface area contributed by atoms with Crippen molar-refractivity contribution in [3.8, 4) is 0 Å². The predicted molar refractivity (Wildman–Crippen MR) is 81.6 cm³/mol. The molecule has 0 bridgehead atoms. The summed E-state index contributed by atoms with van der Waals surface area (Å²) >= 11 is 1.82. The smallest absolute Gasteiger partial charge is 0.201 e. The summed E-state index contributed by atoms with van der Waals surface area (Å²) in [4.78, 5) is 10.4. The average molecular weight is 272 g/mol. The summed E-state index contributed by atoms with van der Waals surface area (Å²) in [6.45, 7) is 5.07. The minimum Gasteiger partial charge on any atom is -0.399 e. The van der Waals surface area contributed by atoms with Crippen molar-refractivity contribution in [1.29, 1.82) is 0 Å². The van der Waals surface area contributed by atoms with E-state index in [1.165, 1.54) is 15.3 Å². The Morgan fingerprint density at radius 2 is 2.16 bits per heavy atom. The molecule has 0 aliphatic heterocycles. The molecule has 3 rings (SSSR count). The van der Waals surface area contributed by atoms with E-state index in [0.29, 0.717) is 0 Å². The van der Waals surface area contributed by atoms with Crippen LogP contribution in [-0.4, -0.2) is 9.97 Å². The number of nitrogens with zero attached hydrogens (tertiary/aromatic N) is 1. The molecule has 0 fully saturated rings. The van der Waals surface area contributed by atoms with Gasteiger partial charge in [-0.2, -0.15) is 0 Å². The Kier molecular flexibility index (Phi) is 2.91. The van der Waals surface area contributed by atoms with Gasteiger partial charge in [-0.1, -0.05) is 0 Å². The second-order valence-corrected chi connectivity index (χ2v) is 6.01. The normalized spacial score (nSPS) is 11.1. The van der Waals surface area contributed by atoms with Crippen molar-refractivity contribution in [1.82, 2.24) is 9.97 Å². The van der Waals surface area contributed by atoms with Crippen LogP contribution in [0.3, 0.4) is 0 Å². The molecule has 5 heteroatoms. The first-order valence-corrected chi connectivity index (χ1v) is 6.98. The summed E-state index contributed by atoms with van der Waals surface area (Å²) in [5, 5.41) is 3.31. The third-order valence-electron chi connectivity index (χ3n) is 3.15. The van der Waals surface area contributed by atoms with E-state index < -0.39 is 0 Å². The van der Waals surface area contributed by atoms with E-state index in [0.717, 1.165) is 29.2 Å². The van der Waals surface area contributed by atoms with E-state index >= 15 is 0 Å². The number of aryl methyl sites for hydroxylation is 2. The first-order valence-electron chi connectivity index (χ1n) is 6.17. The molecule has 98 valence electrons. The van der Waals surface area contributed by atoms with Crippen LogP contribution >= 0.6 is 11.3 Å². The molecule has 0 aliphatic carbocycles. The molecule has 0 saturated heterocycles. The Hall–Kier alpha value is -2.01. The molecule has 19 heavy (non-hydrogen) atoms. The van der Waals surface area contributed by atoms with Crippen LogP contribution in [0.5, 0.6) is 0 Å². The van der Waals surface area contributed by atoms with E-state index in [2.05, 4.69) is 35.2 Å². The van der Waals surface area contributed by atoms with Gasteiger partial charge in [-0.15, -0.1) is 11.3 Å². The number of imidazole rings is 1. The molecule has 2 heterocycles. The number of aromatic amines is 1. The fourth-order valence-corrected chi connectivity index (χ4v) is 3.01. The highest BCUT2D eigenvalue weighted by molar-refractivity contribution is 7.12. The largest absolute Gasteiger partial charge is 0.399 e. The molecule has 0 atom stereocenters. The van der Waals surface area contributed by atoms with Crippen LogP contribution in [0, 0.1) is 13.8 Å². The molecular weight excluding hydrogens is 256 g/mol. The van der Waals surface area contributed by atoms with Crippen molar-refractivity contribution in [3.63, 3.8) is 0 Å². The van der Waals surface area contributed by atoms with Crippen LogP contribution < -0.4 is 11.1 Å². The van der Waals surface area contributed by atoms with Crippen LogP contribution in [0.2, 0.25) is 0 Å². The highest BCUT2D eigenvalue weighted by Crippen LogP contribution is 2.22. The summed E-state index contributed by atoms with van der Waals surface area (Å²) in [5.74, 6) is 0.782. The van der Waals surface area contributed by atoms with Crippen LogP contribution in [0.1, 0.15) is 15.3 Å². The lowest BCUT2D eigenvalue weighted by Crippen LogP contribution is -1.98. The minimum absolute atomic E-state index is 0.743. The van der Waals surface area contributed by atoms with Gasteiger partial charge < -0.3 is 16.0 Å². The molecule has 0 saturated carbocycles. The van der Waals surface area contributed by atoms with Gasteiger partial charge in [-0.05, 0) is 43.7 Å². The standard InChI is InChI=1S/C14H16N4S/c1-8-5-11(19-9(8)2)7-16-14-17-12-4-3-10(15)6-13(12)18-14/h3-6H,7,15H2,1-2H3,(H2,16,17,18). The predicted octanol–water partition coefficient (Wildman–Crippen LogP) is 3.44. The molecule has 2 aromatic heterocycles. The molecule has 0 unspecified atom stereocenters. The fraction of sp³-hybridized carbons (Fsp3) is 0.214. The summed E-state index contributed by atoms with van der Waals surface area (Å²) in [7, 11) is 0. The molecule has 3 aromatic rings. The number of nitrogens with one attached hydrogen (secondary N) is 2. The maximum absolute atomic E-state index is 5.75. The topological polar surface area (TPSA) is 66.7 Å². The fourth-order valence-electron chi connectivity index (χ4n) is 2.02. The van der Waals surface area contributed by atoms with Gasteiger partial charge >= 0.3 is 0 Å². The second kappa shape index (κ2) is 4.59. The van der Waals surface area contributed by atoms with Gasteiger partial charge in [0.15, 0.2) is 0 Å². The van der Waals surface area contributed by atoms with Gasteiger partial charge in [0, 0.05) is 15.4 Å². The van der Waals surface area contributed by atoms with Crippen LogP contribution in [-0.2, 0) is 6.54 Å². The zero-order chi connectivity index (χ0) is 13.4. The number of hydrogen-bond donors (Lipinski definition) is 3. The number of rotatable bonds is 3. The van der Waals surface area contributed by atoms with Crippen molar-refractivity contribution in [3.05, 3.63) is 39.6 Å². The maximum atomic E-state index is 5.75. The zero-order valence-electron chi connectivity index (χ0n) is 10.9. The van der Waals surface area contributed by atoms with Crippen LogP contribution in [0.4, 0.5) is 11.6 Å². The number of anilines is 2. The lowest BCUT2D eigenvalue weighted by atomic mass is 10.3. The van der Waals surface area contributed by atoms with Crippen molar-refractivity contribution in [2.45, 2.75) is 20.4 Å². The number of H-pyrrole nitrogens is 1. The number of thiophene rings is 1. The number of aromatic nitrogens is 2. The van der Waals surface area contributed by atoms with Crippen molar-refractivity contribution < 1.29 is 0 Å². The summed E-state index contributed by atoms with van der Waals surface area (Å²) in [5.41, 5.74) is 9.73. The first-order chi connectivity index (χ1) is 9.11. The summed E-state index contributed by atoms with van der Waals surface area (Å²) in [6.07, 6.45) is 0. The van der Waals surface area contributed by atoms with Crippen molar-refractivity contribution in [2.24, 2.45) is 0 Å². The molecule has 0 radical (unpaired) electrons. The lowest BCUT2D eigenvalue weighted by molar-refractivity contribution is 1.12. The van der Waals surface area contributed by atoms with Gasteiger partial charge in [0.05, 0.1) is 17.6 Å². The third kappa shape index (κ3) is 2.42. The van der Waals surface area contributed by atoms with E-state index in [1.807, 2.05) is 29.5 Å². The highest BCUT2D eigenvalue weighted by atomic mass is 32.1. The monoisotopic (exact) mass is 272 g/mol. The zero-order valence-corrected chi connectivity index (χ0v) is 11.8. The summed E-state index contributed by atoms with van der Waals surface area (Å²) < 4.78 is 0. The van der Waals surface area contributed by atoms with Crippen molar-refractivity contribution in [2.75, 3.05) is 11.1 Å². The van der Waals surface area contributed by atoms with E-state index in [4.69, 9.17) is 5.73 Å². The van der Waals surface area contributed by atoms with Gasteiger partial charge in [0.2, 0.25) is 5.95 Å². The van der Waals surface area contributed by atoms with Gasteiger partial charge in [0.25, 0.3) is 0 Å². The Bertz CT molecular complexity index is 707. The van der Waals surface area contributed by atoms with Gasteiger partial charge in [-0.25, -0.2) is 4.98 Å². The van der Waals surface area contributed by atoms with E-state index in [-0.39, 0.29) is 0 Å². The van der Waals surface area contributed by atoms with Gasteiger partial charge in [0.1, 0.15) is 0 Å². The molecular formula is C14H16N4S. The molecule has 4 nitrogen and oxygen atoms in total. The maximum Gasteiger partial charge on any atom is 0.201 e. The number of hydrogen-bond acceptors (Lipinski definition) is 4. The Balaban J connectivity index is 1.78. The Labute approximate surface area is 115 Å². The Morgan fingerprint density at radius 1 is 1.32 bits per heavy atom. The van der Waals surface area contributed by atoms with E-state index in [1.54, 1.807) is 0 Å². The van der Waals surface area contributed by atoms with Crippen molar-refractivity contribution >= 4 is 34.0 Å². The second-order valence-electron chi connectivity index (χ2n) is 4.67. The SMILES string of the molecule is Cc1cc(CNc2nc3ccc(N)cc3[nH]2)sc1C. The number of nitrogen functional groups attached to an aromatic ring is 1.